The molecule has 2 aliphatic rings. The Morgan fingerprint density at radius 2 is 1.81 bits per heavy atom. The molecule has 1 aromatic heterocycles. The van der Waals surface area contributed by atoms with E-state index in [4.69, 9.17) is 0 Å². The van der Waals surface area contributed by atoms with Gasteiger partial charge in [0.05, 0.1) is 17.8 Å². The second-order valence-corrected chi connectivity index (χ2v) is 7.35. The molecule has 0 N–H and O–H groups in total. The number of rotatable bonds is 4. The van der Waals surface area contributed by atoms with Crippen molar-refractivity contribution in [2.45, 2.75) is 24.3 Å². The Labute approximate surface area is 159 Å². The summed E-state index contributed by atoms with van der Waals surface area (Å²) in [6.45, 7) is 6.14. The molecule has 27 heavy (non-hydrogen) atoms. The van der Waals surface area contributed by atoms with Crippen molar-refractivity contribution in [1.29, 1.82) is 0 Å². The molecule has 0 spiro atoms. The Morgan fingerprint density at radius 1 is 1.11 bits per heavy atom. The van der Waals surface area contributed by atoms with Gasteiger partial charge in [-0.3, -0.25) is 9.59 Å². The number of hydrogen-bond acceptors (Lipinski definition) is 3. The van der Waals surface area contributed by atoms with Gasteiger partial charge >= 0.3 is 0 Å². The largest absolute Gasteiger partial charge is 0.339 e. The molecule has 2 aliphatic heterocycles. The van der Waals surface area contributed by atoms with Crippen LogP contribution in [0.2, 0.25) is 0 Å². The lowest BCUT2D eigenvalue weighted by Crippen LogP contribution is -2.59. The molecular weight excluding hydrogens is 340 g/mol. The van der Waals surface area contributed by atoms with E-state index >= 15 is 0 Å². The van der Waals surface area contributed by atoms with Crippen molar-refractivity contribution in [3.8, 4) is 0 Å². The fourth-order valence-electron chi connectivity index (χ4n) is 4.22. The van der Waals surface area contributed by atoms with E-state index in [2.05, 4.69) is 16.1 Å². The second kappa shape index (κ2) is 7.02. The molecule has 6 heteroatoms. The van der Waals surface area contributed by atoms with Gasteiger partial charge in [0, 0.05) is 38.6 Å². The maximum atomic E-state index is 13.5. The zero-order valence-corrected chi connectivity index (χ0v) is 15.3. The highest BCUT2D eigenvalue weighted by Gasteiger charge is 2.48. The highest BCUT2D eigenvalue weighted by atomic mass is 16.2. The quantitative estimate of drug-likeness (QED) is 0.780. The summed E-state index contributed by atoms with van der Waals surface area (Å²) in [6.07, 6.45) is 8.14. The Balaban J connectivity index is 1.54. The fraction of sp³-hybridized carbons (Fsp3) is 0.381. The van der Waals surface area contributed by atoms with E-state index in [1.165, 1.54) is 6.08 Å². The lowest BCUT2D eigenvalue weighted by Gasteiger charge is -2.48. The van der Waals surface area contributed by atoms with Gasteiger partial charge in [0.2, 0.25) is 11.8 Å². The monoisotopic (exact) mass is 364 g/mol. The summed E-state index contributed by atoms with van der Waals surface area (Å²) in [5, 5.41) is 0. The average Bonchev–Trinajstić information content (AvgIpc) is 3.21. The summed E-state index contributed by atoms with van der Waals surface area (Å²) in [7, 11) is 0. The molecule has 0 unspecified atom stereocenters. The number of piperidine rings is 1. The van der Waals surface area contributed by atoms with E-state index in [1.807, 2.05) is 41.4 Å². The summed E-state index contributed by atoms with van der Waals surface area (Å²) < 4.78 is 2.06. The smallest absolute Gasteiger partial charge is 0.245 e. The first kappa shape index (κ1) is 17.5. The fourth-order valence-corrected chi connectivity index (χ4v) is 4.22. The van der Waals surface area contributed by atoms with Crippen LogP contribution in [0.3, 0.4) is 0 Å². The third kappa shape index (κ3) is 3.05. The number of carbonyl (C=O) groups is 2. The topological polar surface area (TPSA) is 58.4 Å². The molecule has 0 saturated carbocycles. The van der Waals surface area contributed by atoms with Gasteiger partial charge in [-0.2, -0.15) is 0 Å². The first-order chi connectivity index (χ1) is 13.1. The average molecular weight is 364 g/mol. The Kier molecular flexibility index (Phi) is 4.56. The van der Waals surface area contributed by atoms with Crippen molar-refractivity contribution in [3.63, 3.8) is 0 Å². The molecular formula is C21H24N4O2. The number of benzene rings is 1. The number of likely N-dealkylation sites (tertiary alicyclic amines) is 2. The summed E-state index contributed by atoms with van der Waals surface area (Å²) in [5.41, 5.74) is 0.492. The Morgan fingerprint density at radius 3 is 2.41 bits per heavy atom. The van der Waals surface area contributed by atoms with Gasteiger partial charge in [0.15, 0.2) is 0 Å². The number of nitrogens with zero attached hydrogens (tertiary/aromatic N) is 4. The molecule has 2 amide bonds. The second-order valence-electron chi connectivity index (χ2n) is 7.35. The first-order valence-corrected chi connectivity index (χ1v) is 9.38. The van der Waals surface area contributed by atoms with Crippen molar-refractivity contribution in [2.75, 3.05) is 26.2 Å². The minimum Gasteiger partial charge on any atom is -0.339 e. The molecule has 0 radical (unpaired) electrons. The molecule has 140 valence electrons. The van der Waals surface area contributed by atoms with Crippen molar-refractivity contribution in [1.82, 2.24) is 19.4 Å². The predicted molar refractivity (Wildman–Crippen MR) is 102 cm³/mol. The van der Waals surface area contributed by atoms with Gasteiger partial charge in [-0.25, -0.2) is 4.98 Å². The van der Waals surface area contributed by atoms with Crippen molar-refractivity contribution < 1.29 is 9.59 Å². The minimum atomic E-state index is -0.556. The maximum Gasteiger partial charge on any atom is 0.245 e. The molecule has 2 aromatic rings. The molecule has 4 rings (SSSR count). The third-order valence-electron chi connectivity index (χ3n) is 5.94. The minimum absolute atomic E-state index is 0.0618. The lowest BCUT2D eigenvalue weighted by atomic mass is 9.71. The number of aromatic nitrogens is 2. The van der Waals surface area contributed by atoms with Gasteiger partial charge in [-0.1, -0.05) is 36.9 Å². The Hall–Kier alpha value is -2.89. The lowest BCUT2D eigenvalue weighted by molar-refractivity contribution is -0.147. The molecule has 6 nitrogen and oxygen atoms in total. The van der Waals surface area contributed by atoms with Crippen LogP contribution in [0.4, 0.5) is 0 Å². The highest BCUT2D eigenvalue weighted by Crippen LogP contribution is 2.39. The van der Waals surface area contributed by atoms with E-state index < -0.39 is 5.41 Å². The van der Waals surface area contributed by atoms with Crippen molar-refractivity contribution in [3.05, 3.63) is 67.3 Å². The molecule has 0 aliphatic carbocycles. The summed E-state index contributed by atoms with van der Waals surface area (Å²) in [5.74, 6) is 0.115. The van der Waals surface area contributed by atoms with Gasteiger partial charge in [0.1, 0.15) is 0 Å². The van der Waals surface area contributed by atoms with E-state index in [0.29, 0.717) is 45.1 Å². The van der Waals surface area contributed by atoms with Crippen LogP contribution < -0.4 is 0 Å². The zero-order valence-electron chi connectivity index (χ0n) is 15.3. The normalized spacial score (nSPS) is 19.4. The molecule has 3 heterocycles. The predicted octanol–water partition coefficient (Wildman–Crippen LogP) is 2.01. The highest BCUT2D eigenvalue weighted by molar-refractivity contribution is 5.90. The zero-order chi connectivity index (χ0) is 18.9. The number of carbonyl (C=O) groups excluding carboxylic acids is 2. The van der Waals surface area contributed by atoms with Crippen LogP contribution in [0.1, 0.15) is 24.4 Å². The molecule has 1 aromatic carbocycles. The summed E-state index contributed by atoms with van der Waals surface area (Å²) >= 11 is 0. The number of hydrogen-bond donors (Lipinski definition) is 0. The van der Waals surface area contributed by atoms with Gasteiger partial charge in [-0.15, -0.1) is 0 Å². The van der Waals surface area contributed by atoms with Crippen LogP contribution in [0.15, 0.2) is 61.7 Å². The third-order valence-corrected chi connectivity index (χ3v) is 5.94. The number of amides is 2. The van der Waals surface area contributed by atoms with Crippen LogP contribution in [-0.4, -0.2) is 57.3 Å². The SMILES string of the molecule is C=CC(=O)N1CCC(C(=O)N2CC(n3ccnc3)C2)(c2ccccc2)CC1. The van der Waals surface area contributed by atoms with Gasteiger partial charge in [0.25, 0.3) is 0 Å². The van der Waals surface area contributed by atoms with Crippen LogP contribution >= 0.6 is 0 Å². The van der Waals surface area contributed by atoms with Crippen LogP contribution in [0.25, 0.3) is 0 Å². The summed E-state index contributed by atoms with van der Waals surface area (Å²) in [6, 6.07) is 10.3. The summed E-state index contributed by atoms with van der Waals surface area (Å²) in [4.78, 5) is 33.3. The van der Waals surface area contributed by atoms with Gasteiger partial charge < -0.3 is 14.4 Å². The standard InChI is InChI=1S/C21H24N4O2/c1-2-19(26)23-11-8-21(9-12-23,17-6-4-3-5-7-17)20(27)25-14-18(15-25)24-13-10-22-16-24/h2-7,10,13,16,18H,1,8-9,11-12,14-15H2. The van der Waals surface area contributed by atoms with Crippen molar-refractivity contribution in [2.24, 2.45) is 0 Å². The van der Waals surface area contributed by atoms with E-state index in [0.717, 1.165) is 5.56 Å². The first-order valence-electron chi connectivity index (χ1n) is 9.38. The van der Waals surface area contributed by atoms with Crippen molar-refractivity contribution >= 4 is 11.8 Å². The van der Waals surface area contributed by atoms with Crippen LogP contribution in [-0.2, 0) is 15.0 Å². The molecule has 2 fully saturated rings. The number of imidazole rings is 1. The van der Waals surface area contributed by atoms with E-state index in [-0.39, 0.29) is 11.8 Å². The molecule has 0 atom stereocenters. The maximum absolute atomic E-state index is 13.5. The van der Waals surface area contributed by atoms with E-state index in [1.54, 1.807) is 17.4 Å². The molecule has 2 saturated heterocycles. The van der Waals surface area contributed by atoms with E-state index in [9.17, 15) is 9.59 Å². The van der Waals surface area contributed by atoms with Gasteiger partial charge in [-0.05, 0) is 24.5 Å². The molecule has 0 bridgehead atoms. The van der Waals surface area contributed by atoms with Crippen LogP contribution in [0.5, 0.6) is 0 Å². The van der Waals surface area contributed by atoms with Crippen LogP contribution in [0, 0.1) is 0 Å². The Bertz CT molecular complexity index is 817.